The molecule has 1 saturated carbocycles. The van der Waals surface area contributed by atoms with Crippen LogP contribution in [0.1, 0.15) is 26.2 Å². The van der Waals surface area contributed by atoms with E-state index in [0.717, 1.165) is 18.2 Å². The van der Waals surface area contributed by atoms with E-state index in [1.165, 1.54) is 25.8 Å². The molecule has 1 rings (SSSR count). The smallest absolute Gasteiger partial charge is 0.0443 e. The number of nitrogens with zero attached hydrogens (tertiary/aromatic N) is 1. The molecule has 2 heteroatoms. The fourth-order valence-corrected chi connectivity index (χ4v) is 1.53. The van der Waals surface area contributed by atoms with Crippen molar-refractivity contribution in [1.29, 1.82) is 0 Å². The fraction of sp³-hybridized carbons (Fsp3) is 0.800. The average molecular weight is 188 g/mol. The number of hydrogen-bond acceptors (Lipinski definition) is 1. The molecule has 1 nitrogen and oxygen atoms in total. The third-order valence-corrected chi connectivity index (χ3v) is 2.57. The topological polar surface area (TPSA) is 3.24 Å². The predicted octanol–water partition coefficient (Wildman–Crippen LogP) is 2.66. The van der Waals surface area contributed by atoms with E-state index in [9.17, 15) is 0 Å². The van der Waals surface area contributed by atoms with Crippen LogP contribution in [0.3, 0.4) is 0 Å². The Hall–Kier alpha value is -0.0100. The molecule has 0 radical (unpaired) electrons. The van der Waals surface area contributed by atoms with Gasteiger partial charge in [-0.15, -0.1) is 11.6 Å². The van der Waals surface area contributed by atoms with Crippen LogP contribution in [0.2, 0.25) is 0 Å². The zero-order valence-electron chi connectivity index (χ0n) is 7.85. The summed E-state index contributed by atoms with van der Waals surface area (Å²) < 4.78 is 0. The standard InChI is InChI=1S/C10H18ClN/c1-3-6-12(10-4-5-10)8-9(2)7-11/h10H,2-8H2,1H3. The summed E-state index contributed by atoms with van der Waals surface area (Å²) in [5, 5.41) is 0. The molecular weight excluding hydrogens is 170 g/mol. The third kappa shape index (κ3) is 3.16. The Bertz CT molecular complexity index is 152. The minimum Gasteiger partial charge on any atom is -0.296 e. The van der Waals surface area contributed by atoms with Crippen molar-refractivity contribution in [2.24, 2.45) is 0 Å². The predicted molar refractivity (Wildman–Crippen MR) is 54.7 cm³/mol. The molecule has 0 aromatic carbocycles. The molecule has 0 N–H and O–H groups in total. The average Bonchev–Trinajstić information content (AvgIpc) is 2.86. The Morgan fingerprint density at radius 3 is 2.67 bits per heavy atom. The van der Waals surface area contributed by atoms with Gasteiger partial charge in [0.1, 0.15) is 0 Å². The van der Waals surface area contributed by atoms with Crippen molar-refractivity contribution >= 4 is 11.6 Å². The van der Waals surface area contributed by atoms with Gasteiger partial charge < -0.3 is 0 Å². The van der Waals surface area contributed by atoms with E-state index in [1.807, 2.05) is 0 Å². The van der Waals surface area contributed by atoms with Gasteiger partial charge in [0.05, 0.1) is 0 Å². The van der Waals surface area contributed by atoms with Crippen molar-refractivity contribution < 1.29 is 0 Å². The highest BCUT2D eigenvalue weighted by molar-refractivity contribution is 6.19. The van der Waals surface area contributed by atoms with Crippen LogP contribution in [0.25, 0.3) is 0 Å². The first-order valence-corrected chi connectivity index (χ1v) is 5.28. The zero-order chi connectivity index (χ0) is 8.97. The maximum atomic E-state index is 5.70. The second-order valence-corrected chi connectivity index (χ2v) is 3.85. The lowest BCUT2D eigenvalue weighted by Crippen LogP contribution is -2.29. The second-order valence-electron chi connectivity index (χ2n) is 3.59. The molecule has 0 spiro atoms. The molecule has 0 amide bonds. The van der Waals surface area contributed by atoms with Crippen LogP contribution in [0.4, 0.5) is 0 Å². The van der Waals surface area contributed by atoms with E-state index in [-0.39, 0.29) is 0 Å². The molecule has 1 aliphatic carbocycles. The van der Waals surface area contributed by atoms with E-state index < -0.39 is 0 Å². The summed E-state index contributed by atoms with van der Waals surface area (Å²) >= 11 is 5.70. The van der Waals surface area contributed by atoms with Crippen molar-refractivity contribution in [3.05, 3.63) is 12.2 Å². The van der Waals surface area contributed by atoms with E-state index in [2.05, 4.69) is 18.4 Å². The Morgan fingerprint density at radius 2 is 2.25 bits per heavy atom. The summed E-state index contributed by atoms with van der Waals surface area (Å²) in [6.07, 6.45) is 3.97. The molecule has 12 heavy (non-hydrogen) atoms. The van der Waals surface area contributed by atoms with Crippen LogP contribution in [-0.4, -0.2) is 29.9 Å². The van der Waals surface area contributed by atoms with Crippen LogP contribution in [-0.2, 0) is 0 Å². The molecule has 0 aliphatic heterocycles. The van der Waals surface area contributed by atoms with Gasteiger partial charge >= 0.3 is 0 Å². The van der Waals surface area contributed by atoms with E-state index in [0.29, 0.717) is 5.88 Å². The zero-order valence-corrected chi connectivity index (χ0v) is 8.61. The van der Waals surface area contributed by atoms with E-state index >= 15 is 0 Å². The van der Waals surface area contributed by atoms with Gasteiger partial charge in [-0.05, 0) is 31.4 Å². The Balaban J connectivity index is 2.26. The molecule has 0 heterocycles. The lowest BCUT2D eigenvalue weighted by molar-refractivity contribution is 0.287. The van der Waals surface area contributed by atoms with Crippen LogP contribution in [0.15, 0.2) is 12.2 Å². The first kappa shape index (κ1) is 10.1. The Kier molecular flexibility index (Phi) is 4.10. The van der Waals surface area contributed by atoms with Gasteiger partial charge in [-0.1, -0.05) is 13.5 Å². The van der Waals surface area contributed by atoms with E-state index in [1.54, 1.807) is 0 Å². The molecule has 0 aromatic heterocycles. The minimum atomic E-state index is 0.604. The Morgan fingerprint density at radius 1 is 1.58 bits per heavy atom. The summed E-state index contributed by atoms with van der Waals surface area (Å²) in [5.74, 6) is 0.604. The summed E-state index contributed by atoms with van der Waals surface area (Å²) in [6.45, 7) is 8.35. The normalized spacial score (nSPS) is 16.9. The summed E-state index contributed by atoms with van der Waals surface area (Å²) in [6, 6.07) is 0.838. The minimum absolute atomic E-state index is 0.604. The highest BCUT2D eigenvalue weighted by Crippen LogP contribution is 2.27. The van der Waals surface area contributed by atoms with Crippen molar-refractivity contribution in [3.63, 3.8) is 0 Å². The molecule has 70 valence electrons. The van der Waals surface area contributed by atoms with Gasteiger partial charge in [-0.3, -0.25) is 4.90 Å². The van der Waals surface area contributed by atoms with Crippen LogP contribution < -0.4 is 0 Å². The van der Waals surface area contributed by atoms with Crippen LogP contribution >= 0.6 is 11.6 Å². The first-order valence-electron chi connectivity index (χ1n) is 4.74. The lowest BCUT2D eigenvalue weighted by Gasteiger charge is -2.21. The lowest BCUT2D eigenvalue weighted by atomic mass is 10.3. The summed E-state index contributed by atoms with van der Waals surface area (Å²) in [7, 11) is 0. The highest BCUT2D eigenvalue weighted by Gasteiger charge is 2.28. The SMILES string of the molecule is C=C(CCl)CN(CCC)C1CC1. The monoisotopic (exact) mass is 187 g/mol. The van der Waals surface area contributed by atoms with Gasteiger partial charge in [0, 0.05) is 18.5 Å². The number of hydrogen-bond donors (Lipinski definition) is 0. The second kappa shape index (κ2) is 4.88. The van der Waals surface area contributed by atoms with Gasteiger partial charge in [-0.25, -0.2) is 0 Å². The molecule has 1 aliphatic rings. The summed E-state index contributed by atoms with van der Waals surface area (Å²) in [5.41, 5.74) is 1.15. The number of alkyl halides is 1. The maximum Gasteiger partial charge on any atom is 0.0443 e. The number of halogens is 1. The van der Waals surface area contributed by atoms with Crippen LogP contribution in [0, 0.1) is 0 Å². The van der Waals surface area contributed by atoms with Gasteiger partial charge in [0.25, 0.3) is 0 Å². The molecular formula is C10H18ClN. The molecule has 1 fully saturated rings. The van der Waals surface area contributed by atoms with Crippen molar-refractivity contribution in [3.8, 4) is 0 Å². The van der Waals surface area contributed by atoms with Crippen molar-refractivity contribution in [1.82, 2.24) is 4.90 Å². The molecule has 0 aromatic rings. The van der Waals surface area contributed by atoms with Gasteiger partial charge in [0.15, 0.2) is 0 Å². The highest BCUT2D eigenvalue weighted by atomic mass is 35.5. The number of rotatable bonds is 6. The fourth-order valence-electron chi connectivity index (χ4n) is 1.45. The molecule has 0 atom stereocenters. The molecule has 0 unspecified atom stereocenters. The maximum absolute atomic E-state index is 5.70. The van der Waals surface area contributed by atoms with Crippen molar-refractivity contribution in [2.45, 2.75) is 32.2 Å². The largest absolute Gasteiger partial charge is 0.296 e. The van der Waals surface area contributed by atoms with Gasteiger partial charge in [-0.2, -0.15) is 0 Å². The van der Waals surface area contributed by atoms with E-state index in [4.69, 9.17) is 11.6 Å². The quantitative estimate of drug-likeness (QED) is 0.457. The first-order chi connectivity index (χ1) is 5.77. The third-order valence-electron chi connectivity index (χ3n) is 2.19. The summed E-state index contributed by atoms with van der Waals surface area (Å²) in [4.78, 5) is 2.50. The molecule has 0 bridgehead atoms. The van der Waals surface area contributed by atoms with Crippen molar-refractivity contribution in [2.75, 3.05) is 19.0 Å². The molecule has 0 saturated heterocycles. The Labute approximate surface area is 80.4 Å². The van der Waals surface area contributed by atoms with Gasteiger partial charge in [0.2, 0.25) is 0 Å². The van der Waals surface area contributed by atoms with Crippen LogP contribution in [0.5, 0.6) is 0 Å².